The minimum atomic E-state index is -3.83. The summed E-state index contributed by atoms with van der Waals surface area (Å²) in [5.74, 6) is 1.40. The first kappa shape index (κ1) is 19.6. The zero-order valence-corrected chi connectivity index (χ0v) is 15.3. The van der Waals surface area contributed by atoms with Crippen LogP contribution < -0.4 is 14.8 Å². The molecule has 2 aromatic heterocycles. The van der Waals surface area contributed by atoms with Gasteiger partial charge in [-0.1, -0.05) is 6.07 Å². The van der Waals surface area contributed by atoms with Gasteiger partial charge in [0.2, 0.25) is 0 Å². The molecule has 9 heteroatoms. The Morgan fingerprint density at radius 2 is 1.96 bits per heavy atom. The van der Waals surface area contributed by atoms with E-state index in [1.807, 2.05) is 29.0 Å². The normalized spacial score (nSPS) is 16.0. The largest absolute Gasteiger partial charge is 0.485 e. The number of hydrogen-bond acceptors (Lipinski definition) is 7. The smallest absolute Gasteiger partial charge is 0.264 e. The van der Waals surface area contributed by atoms with Gasteiger partial charge in [0.1, 0.15) is 12.7 Å². The minimum absolute atomic E-state index is 0.0244. The van der Waals surface area contributed by atoms with Crippen LogP contribution in [-0.2, 0) is 10.1 Å². The van der Waals surface area contributed by atoms with E-state index in [-0.39, 0.29) is 11.9 Å². The molecule has 1 aliphatic rings. The van der Waals surface area contributed by atoms with E-state index >= 15 is 0 Å². The number of ether oxygens (including phenoxy) is 2. The van der Waals surface area contributed by atoms with Gasteiger partial charge in [0, 0.05) is 29.7 Å². The number of rotatable bonds is 7. The van der Waals surface area contributed by atoms with Crippen LogP contribution in [0.2, 0.25) is 0 Å². The summed E-state index contributed by atoms with van der Waals surface area (Å²) in [5.41, 5.74) is 0. The highest BCUT2D eigenvalue weighted by molar-refractivity contribution is 7.85. The molecule has 0 amide bonds. The second kappa shape index (κ2) is 10.3. The average Bonchev–Trinajstić information content (AvgIpc) is 3.07. The molecule has 0 aliphatic carbocycles. The van der Waals surface area contributed by atoms with Gasteiger partial charge < -0.3 is 14.8 Å². The molecule has 0 fully saturated rings. The summed E-state index contributed by atoms with van der Waals surface area (Å²) in [5, 5.41) is 7.01. The van der Waals surface area contributed by atoms with Gasteiger partial charge in [-0.2, -0.15) is 8.42 Å². The summed E-state index contributed by atoms with van der Waals surface area (Å²) < 4.78 is 40.8. The minimum Gasteiger partial charge on any atom is -0.485 e. The van der Waals surface area contributed by atoms with Crippen LogP contribution in [0.3, 0.4) is 0 Å². The molecule has 1 unspecified atom stereocenters. The quantitative estimate of drug-likeness (QED) is 0.556. The van der Waals surface area contributed by atoms with Gasteiger partial charge in [-0.3, -0.25) is 9.54 Å². The number of nitrogens with one attached hydrogen (secondary N) is 1. The molecule has 2 aromatic rings. The van der Waals surface area contributed by atoms with Gasteiger partial charge in [0.05, 0.1) is 5.75 Å². The van der Waals surface area contributed by atoms with Crippen molar-refractivity contribution in [2.45, 2.75) is 18.9 Å². The van der Waals surface area contributed by atoms with E-state index in [9.17, 15) is 8.42 Å². The molecule has 3 rings (SSSR count). The fourth-order valence-electron chi connectivity index (χ4n) is 2.07. The Morgan fingerprint density at radius 3 is 2.60 bits per heavy atom. The molecule has 0 radical (unpaired) electrons. The summed E-state index contributed by atoms with van der Waals surface area (Å²) in [6, 6.07) is 5.72. The number of unbranched alkanes of at least 4 members (excludes halogenated alkanes) is 1. The molecule has 138 valence electrons. The van der Waals surface area contributed by atoms with Crippen molar-refractivity contribution in [3.63, 3.8) is 0 Å². The molecule has 1 aliphatic heterocycles. The summed E-state index contributed by atoms with van der Waals surface area (Å²) in [6.45, 7) is 1.86. The Balaban J connectivity index is 0.000000316. The lowest BCUT2D eigenvalue weighted by molar-refractivity contribution is 0.0919. The summed E-state index contributed by atoms with van der Waals surface area (Å²) >= 11 is 1.54. The van der Waals surface area contributed by atoms with E-state index in [1.54, 1.807) is 23.7 Å². The Bertz CT molecular complexity index is 680. The maximum absolute atomic E-state index is 10.5. The van der Waals surface area contributed by atoms with Crippen molar-refractivity contribution in [1.82, 2.24) is 10.3 Å². The predicted molar refractivity (Wildman–Crippen MR) is 97.0 cm³/mol. The second-order valence-corrected chi connectivity index (χ2v) is 7.69. The van der Waals surface area contributed by atoms with Gasteiger partial charge >= 0.3 is 0 Å². The Kier molecular flexibility index (Phi) is 8.13. The lowest BCUT2D eigenvalue weighted by Crippen LogP contribution is -2.38. The number of pyridine rings is 1. The van der Waals surface area contributed by atoms with Crippen LogP contribution in [0.15, 0.2) is 41.4 Å². The molecule has 0 saturated carbocycles. The standard InChI is InChI=1S/C11H17NO5S2.C5H5N/c13-19(14,15)4-2-1-3-12-5-9-6-16-10-7-18-8-11(10)17-9;1-2-4-6-5-3-1/h7-9,12H,1-6H2,(H,13,14,15);1-5H. The Morgan fingerprint density at radius 1 is 1.20 bits per heavy atom. The third kappa shape index (κ3) is 8.30. The van der Waals surface area contributed by atoms with Crippen LogP contribution in [-0.4, -0.2) is 49.5 Å². The highest BCUT2D eigenvalue weighted by Crippen LogP contribution is 2.34. The molecule has 0 aromatic carbocycles. The molecule has 7 nitrogen and oxygen atoms in total. The summed E-state index contributed by atoms with van der Waals surface area (Å²) in [7, 11) is -3.83. The van der Waals surface area contributed by atoms with Crippen LogP contribution in [0.25, 0.3) is 0 Å². The number of fused-ring (bicyclic) bond motifs is 1. The molecule has 2 N–H and O–H groups in total. The van der Waals surface area contributed by atoms with Crippen molar-refractivity contribution in [3.05, 3.63) is 41.4 Å². The molecular weight excluding hydrogens is 364 g/mol. The molecule has 3 heterocycles. The zero-order chi connectivity index (χ0) is 18.0. The number of thiophene rings is 1. The number of aromatic nitrogens is 1. The van der Waals surface area contributed by atoms with Gasteiger partial charge in [-0.05, 0) is 31.5 Å². The van der Waals surface area contributed by atoms with Crippen molar-refractivity contribution in [2.24, 2.45) is 0 Å². The van der Waals surface area contributed by atoms with E-state index in [0.29, 0.717) is 32.5 Å². The fourth-order valence-corrected chi connectivity index (χ4v) is 3.31. The number of hydrogen-bond donors (Lipinski definition) is 2. The first-order chi connectivity index (χ1) is 12.0. The van der Waals surface area contributed by atoms with Gasteiger partial charge in [-0.15, -0.1) is 11.3 Å². The molecular formula is C16H22N2O5S2. The predicted octanol–water partition coefficient (Wildman–Crippen LogP) is 2.23. The van der Waals surface area contributed by atoms with Gasteiger partial charge in [-0.25, -0.2) is 0 Å². The molecule has 1 atom stereocenters. The first-order valence-electron chi connectivity index (χ1n) is 7.91. The second-order valence-electron chi connectivity index (χ2n) is 5.37. The third-order valence-corrected chi connectivity index (χ3v) is 4.76. The van der Waals surface area contributed by atoms with Crippen LogP contribution in [0.5, 0.6) is 11.5 Å². The maximum Gasteiger partial charge on any atom is 0.264 e. The van der Waals surface area contributed by atoms with Crippen molar-refractivity contribution in [1.29, 1.82) is 0 Å². The highest BCUT2D eigenvalue weighted by Gasteiger charge is 2.20. The summed E-state index contributed by atoms with van der Waals surface area (Å²) in [6.07, 6.45) is 4.61. The molecule has 0 spiro atoms. The van der Waals surface area contributed by atoms with Crippen molar-refractivity contribution < 1.29 is 22.4 Å². The molecule has 0 bridgehead atoms. The van der Waals surface area contributed by atoms with Crippen LogP contribution in [0, 0.1) is 0 Å². The topological polar surface area (TPSA) is 97.8 Å². The summed E-state index contributed by atoms with van der Waals surface area (Å²) in [4.78, 5) is 3.78. The van der Waals surface area contributed by atoms with Gasteiger partial charge in [0.15, 0.2) is 11.5 Å². The third-order valence-electron chi connectivity index (χ3n) is 3.26. The van der Waals surface area contributed by atoms with Crippen LogP contribution >= 0.6 is 11.3 Å². The Hall–Kier alpha value is -1.68. The average molecular weight is 386 g/mol. The highest BCUT2D eigenvalue weighted by atomic mass is 32.2. The Labute approximate surface area is 151 Å². The lowest BCUT2D eigenvalue weighted by atomic mass is 10.3. The fraction of sp³-hybridized carbons (Fsp3) is 0.438. The molecule has 25 heavy (non-hydrogen) atoms. The van der Waals surface area contributed by atoms with E-state index in [4.69, 9.17) is 14.0 Å². The van der Waals surface area contributed by atoms with E-state index in [0.717, 1.165) is 11.5 Å². The van der Waals surface area contributed by atoms with Crippen LogP contribution in [0.4, 0.5) is 0 Å². The molecule has 0 saturated heterocycles. The van der Waals surface area contributed by atoms with Crippen LogP contribution in [0.1, 0.15) is 12.8 Å². The monoisotopic (exact) mass is 386 g/mol. The first-order valence-corrected chi connectivity index (χ1v) is 10.5. The van der Waals surface area contributed by atoms with E-state index in [2.05, 4.69) is 10.3 Å². The van der Waals surface area contributed by atoms with E-state index < -0.39 is 10.1 Å². The lowest BCUT2D eigenvalue weighted by Gasteiger charge is -2.24. The zero-order valence-electron chi connectivity index (χ0n) is 13.7. The van der Waals surface area contributed by atoms with Crippen molar-refractivity contribution in [2.75, 3.05) is 25.4 Å². The number of nitrogens with zero attached hydrogens (tertiary/aromatic N) is 1. The van der Waals surface area contributed by atoms with Crippen molar-refractivity contribution >= 4 is 21.5 Å². The van der Waals surface area contributed by atoms with Gasteiger partial charge in [0.25, 0.3) is 10.1 Å². The van der Waals surface area contributed by atoms with Crippen molar-refractivity contribution in [3.8, 4) is 11.5 Å². The SMILES string of the molecule is O=S(=O)(O)CCCCNCC1COc2cscc2O1.c1ccncc1. The maximum atomic E-state index is 10.5. The van der Waals surface area contributed by atoms with E-state index in [1.165, 1.54) is 0 Å².